The van der Waals surface area contributed by atoms with Gasteiger partial charge in [-0.05, 0) is 42.6 Å². The monoisotopic (exact) mass is 424 g/mol. The third-order valence-electron chi connectivity index (χ3n) is 4.88. The van der Waals surface area contributed by atoms with E-state index in [4.69, 9.17) is 4.74 Å². The van der Waals surface area contributed by atoms with Crippen LogP contribution in [-0.2, 0) is 14.8 Å². The molecule has 3 rings (SSSR count). The number of thiophene rings is 1. The number of carbonyl (C=O) groups excluding carboxylic acids is 1. The van der Waals surface area contributed by atoms with Gasteiger partial charge in [-0.2, -0.15) is 4.31 Å². The van der Waals surface area contributed by atoms with Crippen LogP contribution in [0.1, 0.15) is 17.8 Å². The molecule has 0 spiro atoms. The maximum Gasteiger partial charge on any atom is 0.275 e. The maximum atomic E-state index is 12.8. The van der Waals surface area contributed by atoms with E-state index in [0.717, 1.165) is 9.78 Å². The minimum atomic E-state index is -3.52. The molecule has 1 aromatic heterocycles. The number of methoxy groups -OCH3 is 1. The van der Waals surface area contributed by atoms with Gasteiger partial charge in [0, 0.05) is 4.88 Å². The fourth-order valence-electron chi connectivity index (χ4n) is 3.24. The zero-order valence-electron chi connectivity index (χ0n) is 16.1. The molecular weight excluding hydrogens is 398 g/mol. The number of benzene rings is 1. The van der Waals surface area contributed by atoms with Crippen LogP contribution in [0.15, 0.2) is 46.7 Å². The number of sulfonamides is 1. The number of carbonyl (C=O) groups is 1. The minimum absolute atomic E-state index is 0.0105. The van der Waals surface area contributed by atoms with Crippen molar-refractivity contribution in [2.75, 3.05) is 39.8 Å². The van der Waals surface area contributed by atoms with Gasteiger partial charge in [-0.3, -0.25) is 4.79 Å². The quantitative estimate of drug-likeness (QED) is 0.679. The average molecular weight is 425 g/mol. The second-order valence-electron chi connectivity index (χ2n) is 6.81. The van der Waals surface area contributed by atoms with Crippen LogP contribution in [0.2, 0.25) is 0 Å². The van der Waals surface area contributed by atoms with Crippen molar-refractivity contribution in [2.24, 2.45) is 0 Å². The maximum absolute atomic E-state index is 12.8. The summed E-state index contributed by atoms with van der Waals surface area (Å²) in [6, 6.07) is 10.4. The fraction of sp³-hybridized carbons (Fsp3) is 0.421. The molecule has 152 valence electrons. The van der Waals surface area contributed by atoms with Crippen molar-refractivity contribution in [3.05, 3.63) is 46.7 Å². The van der Waals surface area contributed by atoms with Gasteiger partial charge >= 0.3 is 0 Å². The van der Waals surface area contributed by atoms with Gasteiger partial charge in [0.25, 0.3) is 5.91 Å². The van der Waals surface area contributed by atoms with Crippen molar-refractivity contribution in [2.45, 2.75) is 17.9 Å². The Morgan fingerprint density at radius 2 is 1.93 bits per heavy atom. The molecule has 1 amide bonds. The summed E-state index contributed by atoms with van der Waals surface area (Å²) in [4.78, 5) is 14.8. The Balaban J connectivity index is 1.51. The van der Waals surface area contributed by atoms with Gasteiger partial charge in [0.1, 0.15) is 5.75 Å². The SMILES string of the molecule is COc1ccc(S(=O)(=O)N2CC[NH+](CC(=O)N[C@H](C)c3cccs3)CC2)cc1. The van der Waals surface area contributed by atoms with Gasteiger partial charge in [0.15, 0.2) is 6.54 Å². The lowest BCUT2D eigenvalue weighted by atomic mass is 10.2. The number of quaternary nitrogens is 1. The summed E-state index contributed by atoms with van der Waals surface area (Å²) in [6.45, 7) is 4.34. The molecule has 2 aromatic rings. The van der Waals surface area contributed by atoms with Gasteiger partial charge in [-0.25, -0.2) is 8.42 Å². The number of rotatable bonds is 7. The topological polar surface area (TPSA) is 80.2 Å². The van der Waals surface area contributed by atoms with Crippen molar-refractivity contribution in [1.29, 1.82) is 0 Å². The molecule has 0 radical (unpaired) electrons. The summed E-state index contributed by atoms with van der Waals surface area (Å²) in [5.74, 6) is 0.610. The molecule has 7 nitrogen and oxygen atoms in total. The second-order valence-corrected chi connectivity index (χ2v) is 9.73. The van der Waals surface area contributed by atoms with Crippen LogP contribution >= 0.6 is 11.3 Å². The largest absolute Gasteiger partial charge is 0.497 e. The van der Waals surface area contributed by atoms with Crippen molar-refractivity contribution in [3.8, 4) is 5.75 Å². The zero-order valence-corrected chi connectivity index (χ0v) is 17.7. The van der Waals surface area contributed by atoms with Crippen LogP contribution in [-0.4, -0.2) is 58.5 Å². The summed E-state index contributed by atoms with van der Waals surface area (Å²) in [5.41, 5.74) is 0. The highest BCUT2D eigenvalue weighted by Gasteiger charge is 2.31. The number of nitrogens with zero attached hydrogens (tertiary/aromatic N) is 1. The molecule has 1 aliphatic rings. The molecule has 0 aliphatic carbocycles. The first-order valence-corrected chi connectivity index (χ1v) is 11.5. The molecule has 1 aliphatic heterocycles. The number of ether oxygens (including phenoxy) is 1. The summed E-state index contributed by atoms with van der Waals surface area (Å²) >= 11 is 1.62. The Hall–Kier alpha value is -1.94. The molecule has 0 saturated carbocycles. The first kappa shape index (κ1) is 20.8. The number of piperazine rings is 1. The highest BCUT2D eigenvalue weighted by Crippen LogP contribution is 2.19. The van der Waals surface area contributed by atoms with Crippen LogP contribution in [0.3, 0.4) is 0 Å². The molecule has 1 aromatic carbocycles. The van der Waals surface area contributed by atoms with E-state index < -0.39 is 10.0 Å². The standard InChI is InChI=1S/C19H25N3O4S2/c1-15(18-4-3-13-27-18)20-19(23)14-21-9-11-22(12-10-21)28(24,25)17-7-5-16(26-2)6-8-17/h3-8,13,15H,9-12,14H2,1-2H3,(H,20,23)/p+1/t15-/m1/s1. The van der Waals surface area contributed by atoms with E-state index in [9.17, 15) is 13.2 Å². The summed E-state index contributed by atoms with van der Waals surface area (Å²) < 4.78 is 32.2. The van der Waals surface area contributed by atoms with Gasteiger partial charge in [-0.15, -0.1) is 11.3 Å². The van der Waals surface area contributed by atoms with E-state index in [0.29, 0.717) is 38.5 Å². The lowest BCUT2D eigenvalue weighted by Gasteiger charge is -2.31. The van der Waals surface area contributed by atoms with Crippen LogP contribution in [0.4, 0.5) is 0 Å². The first-order chi connectivity index (χ1) is 13.4. The molecule has 9 heteroatoms. The normalized spacial score (nSPS) is 17.2. The molecule has 0 unspecified atom stereocenters. The number of nitrogens with one attached hydrogen (secondary N) is 2. The van der Waals surface area contributed by atoms with E-state index in [1.165, 1.54) is 4.31 Å². The van der Waals surface area contributed by atoms with Crippen LogP contribution < -0.4 is 15.0 Å². The molecule has 1 atom stereocenters. The third kappa shape index (κ3) is 4.91. The Bertz CT molecular complexity index is 874. The Morgan fingerprint density at radius 1 is 1.25 bits per heavy atom. The number of hydrogen-bond donors (Lipinski definition) is 2. The second kappa shape index (κ2) is 9.04. The molecule has 1 saturated heterocycles. The fourth-order valence-corrected chi connectivity index (χ4v) is 5.42. The average Bonchev–Trinajstić information content (AvgIpc) is 3.23. The van der Waals surface area contributed by atoms with Crippen LogP contribution in [0, 0.1) is 0 Å². The molecule has 2 N–H and O–H groups in total. The highest BCUT2D eigenvalue weighted by molar-refractivity contribution is 7.89. The number of amides is 1. The van der Waals surface area contributed by atoms with Crippen LogP contribution in [0.5, 0.6) is 5.75 Å². The minimum Gasteiger partial charge on any atom is -0.497 e. The Kier molecular flexibility index (Phi) is 6.71. The molecule has 28 heavy (non-hydrogen) atoms. The Labute approximate surface area is 170 Å². The lowest BCUT2D eigenvalue weighted by Crippen LogP contribution is -3.15. The third-order valence-corrected chi connectivity index (χ3v) is 7.85. The van der Waals surface area contributed by atoms with Gasteiger partial charge in [-0.1, -0.05) is 6.07 Å². The first-order valence-electron chi connectivity index (χ1n) is 9.20. The smallest absolute Gasteiger partial charge is 0.275 e. The van der Waals surface area contributed by atoms with Gasteiger partial charge < -0.3 is 15.0 Å². The molecule has 0 bridgehead atoms. The predicted molar refractivity (Wildman–Crippen MR) is 108 cm³/mol. The van der Waals surface area contributed by atoms with Crippen LogP contribution in [0.25, 0.3) is 0 Å². The van der Waals surface area contributed by atoms with E-state index in [2.05, 4.69) is 5.32 Å². The Morgan fingerprint density at radius 3 is 2.50 bits per heavy atom. The molecule has 1 fully saturated rings. The summed E-state index contributed by atoms with van der Waals surface area (Å²) in [5, 5.41) is 5.01. The molecular formula is C19H26N3O4S2+. The summed E-state index contributed by atoms with van der Waals surface area (Å²) in [6.07, 6.45) is 0. The van der Waals surface area contributed by atoms with Crippen molar-refractivity contribution >= 4 is 27.3 Å². The van der Waals surface area contributed by atoms with Crippen molar-refractivity contribution in [1.82, 2.24) is 9.62 Å². The predicted octanol–water partition coefficient (Wildman–Crippen LogP) is 0.523. The number of hydrogen-bond acceptors (Lipinski definition) is 5. The zero-order chi connectivity index (χ0) is 20.1. The van der Waals surface area contributed by atoms with Gasteiger partial charge in [0.05, 0.1) is 44.2 Å². The van der Waals surface area contributed by atoms with E-state index >= 15 is 0 Å². The van der Waals surface area contributed by atoms with E-state index in [1.807, 2.05) is 24.4 Å². The van der Waals surface area contributed by atoms with Gasteiger partial charge in [0.2, 0.25) is 10.0 Å². The van der Waals surface area contributed by atoms with E-state index in [1.54, 1.807) is 42.7 Å². The van der Waals surface area contributed by atoms with Crippen molar-refractivity contribution < 1.29 is 22.8 Å². The summed E-state index contributed by atoms with van der Waals surface area (Å²) in [7, 11) is -1.98. The lowest BCUT2D eigenvalue weighted by molar-refractivity contribution is -0.895. The molecule has 2 heterocycles. The van der Waals surface area contributed by atoms with Crippen molar-refractivity contribution in [3.63, 3.8) is 0 Å². The van der Waals surface area contributed by atoms with E-state index in [-0.39, 0.29) is 16.8 Å². The highest BCUT2D eigenvalue weighted by atomic mass is 32.2.